The number of ether oxygens (including phenoxy) is 1. The van der Waals surface area contributed by atoms with Gasteiger partial charge in [-0.25, -0.2) is 0 Å². The average molecular weight is 256 g/mol. The summed E-state index contributed by atoms with van der Waals surface area (Å²) in [7, 11) is 1.64. The number of carbonyl (C=O) groups excluding carboxylic acids is 1. The Morgan fingerprint density at radius 1 is 1.17 bits per heavy atom. The lowest BCUT2D eigenvalue weighted by Crippen LogP contribution is -2.38. The van der Waals surface area contributed by atoms with Crippen LogP contribution in [0.15, 0.2) is 0 Å². The first kappa shape index (κ1) is 15.4. The minimum Gasteiger partial charge on any atom is -0.383 e. The van der Waals surface area contributed by atoms with E-state index in [1.54, 1.807) is 7.11 Å². The number of hydrogen-bond acceptors (Lipinski definition) is 3. The lowest BCUT2D eigenvalue weighted by Gasteiger charge is -2.32. The van der Waals surface area contributed by atoms with Crippen molar-refractivity contribution < 1.29 is 9.53 Å². The molecule has 0 aromatic heterocycles. The predicted octanol–water partition coefficient (Wildman–Crippen LogP) is 1.55. The molecule has 4 heteroatoms. The zero-order chi connectivity index (χ0) is 13.4. The first-order valence-electron chi connectivity index (χ1n) is 7.10. The van der Waals surface area contributed by atoms with E-state index in [0.29, 0.717) is 25.6 Å². The van der Waals surface area contributed by atoms with E-state index < -0.39 is 0 Å². The zero-order valence-electron chi connectivity index (χ0n) is 12.0. The molecule has 1 aliphatic rings. The number of methoxy groups -OCH3 is 1. The molecular formula is C14H28N2O2. The van der Waals surface area contributed by atoms with Crippen LogP contribution in [0.3, 0.4) is 0 Å². The quantitative estimate of drug-likeness (QED) is 0.680. The van der Waals surface area contributed by atoms with E-state index in [1.165, 1.54) is 19.3 Å². The molecule has 4 nitrogen and oxygen atoms in total. The van der Waals surface area contributed by atoms with Crippen molar-refractivity contribution in [2.24, 2.45) is 11.8 Å². The third kappa shape index (κ3) is 6.36. The standard InChI is InChI=1S/C14H28N2O2/c1-11-8-12(2)10-13(9-11)15-5-4-14(17)16-6-7-18-3/h11-13,15H,4-10H2,1-3H3,(H,16,17)/t11-,12+,13?. The van der Waals surface area contributed by atoms with Crippen LogP contribution < -0.4 is 10.6 Å². The SMILES string of the molecule is COCCNC(=O)CCNC1C[C@@H](C)C[C@@H](C)C1. The number of nitrogens with one attached hydrogen (secondary N) is 2. The molecule has 0 saturated heterocycles. The molecule has 3 atom stereocenters. The van der Waals surface area contributed by atoms with E-state index in [9.17, 15) is 4.79 Å². The zero-order valence-corrected chi connectivity index (χ0v) is 12.0. The van der Waals surface area contributed by atoms with E-state index in [0.717, 1.165) is 18.4 Å². The van der Waals surface area contributed by atoms with Crippen molar-refractivity contribution in [3.63, 3.8) is 0 Å². The topological polar surface area (TPSA) is 50.4 Å². The first-order valence-corrected chi connectivity index (χ1v) is 7.10. The molecule has 0 spiro atoms. The lowest BCUT2D eigenvalue weighted by molar-refractivity contribution is -0.121. The normalized spacial score (nSPS) is 28.1. The lowest BCUT2D eigenvalue weighted by atomic mass is 9.80. The largest absolute Gasteiger partial charge is 0.383 e. The summed E-state index contributed by atoms with van der Waals surface area (Å²) < 4.78 is 4.89. The van der Waals surface area contributed by atoms with Gasteiger partial charge in [0.25, 0.3) is 0 Å². The van der Waals surface area contributed by atoms with Gasteiger partial charge in [-0.1, -0.05) is 13.8 Å². The Hall–Kier alpha value is -0.610. The minimum absolute atomic E-state index is 0.108. The van der Waals surface area contributed by atoms with Crippen molar-refractivity contribution in [2.75, 3.05) is 26.8 Å². The fourth-order valence-corrected chi connectivity index (χ4v) is 2.88. The van der Waals surface area contributed by atoms with Crippen LogP contribution in [0.5, 0.6) is 0 Å². The highest BCUT2D eigenvalue weighted by atomic mass is 16.5. The molecule has 106 valence electrons. The Morgan fingerprint density at radius 2 is 1.83 bits per heavy atom. The summed E-state index contributed by atoms with van der Waals surface area (Å²) in [6, 6.07) is 0.593. The number of rotatable bonds is 7. The molecule has 1 unspecified atom stereocenters. The molecule has 0 bridgehead atoms. The van der Waals surface area contributed by atoms with E-state index in [1.807, 2.05) is 0 Å². The van der Waals surface area contributed by atoms with Crippen LogP contribution in [0.2, 0.25) is 0 Å². The second-order valence-corrected chi connectivity index (χ2v) is 5.66. The van der Waals surface area contributed by atoms with Crippen LogP contribution >= 0.6 is 0 Å². The first-order chi connectivity index (χ1) is 8.61. The van der Waals surface area contributed by atoms with Gasteiger partial charge in [0.15, 0.2) is 0 Å². The number of carbonyl (C=O) groups is 1. The highest BCUT2D eigenvalue weighted by molar-refractivity contribution is 5.76. The van der Waals surface area contributed by atoms with Crippen LogP contribution in [0.25, 0.3) is 0 Å². The summed E-state index contributed by atoms with van der Waals surface area (Å²) in [4.78, 5) is 11.5. The van der Waals surface area contributed by atoms with Gasteiger partial charge in [0.2, 0.25) is 5.91 Å². The highest BCUT2D eigenvalue weighted by Crippen LogP contribution is 2.28. The van der Waals surface area contributed by atoms with E-state index in [2.05, 4.69) is 24.5 Å². The predicted molar refractivity (Wildman–Crippen MR) is 73.5 cm³/mol. The molecule has 1 saturated carbocycles. The Balaban J connectivity index is 2.08. The van der Waals surface area contributed by atoms with Gasteiger partial charge >= 0.3 is 0 Å². The van der Waals surface area contributed by atoms with Gasteiger partial charge in [-0.3, -0.25) is 4.79 Å². The maximum absolute atomic E-state index is 11.5. The summed E-state index contributed by atoms with van der Waals surface area (Å²) in [6.07, 6.45) is 4.39. The van der Waals surface area contributed by atoms with Gasteiger partial charge in [-0.05, 0) is 31.1 Å². The summed E-state index contributed by atoms with van der Waals surface area (Å²) >= 11 is 0. The Morgan fingerprint density at radius 3 is 2.44 bits per heavy atom. The third-order valence-electron chi connectivity index (χ3n) is 3.59. The average Bonchev–Trinajstić information content (AvgIpc) is 2.28. The van der Waals surface area contributed by atoms with Crippen molar-refractivity contribution in [2.45, 2.75) is 45.6 Å². The molecule has 1 rings (SSSR count). The van der Waals surface area contributed by atoms with Crippen LogP contribution in [-0.4, -0.2) is 38.8 Å². The van der Waals surface area contributed by atoms with Crippen LogP contribution in [0.4, 0.5) is 0 Å². The van der Waals surface area contributed by atoms with Gasteiger partial charge in [-0.15, -0.1) is 0 Å². The van der Waals surface area contributed by atoms with Crippen molar-refractivity contribution in [1.29, 1.82) is 0 Å². The van der Waals surface area contributed by atoms with E-state index in [4.69, 9.17) is 4.74 Å². The Bertz CT molecular complexity index is 236. The van der Waals surface area contributed by atoms with Gasteiger partial charge in [0, 0.05) is 32.7 Å². The molecule has 0 aliphatic heterocycles. The number of amides is 1. The summed E-state index contributed by atoms with van der Waals surface area (Å²) in [5.41, 5.74) is 0. The van der Waals surface area contributed by atoms with Gasteiger partial charge < -0.3 is 15.4 Å². The molecular weight excluding hydrogens is 228 g/mol. The summed E-state index contributed by atoms with van der Waals surface area (Å²) in [5.74, 6) is 1.72. The second kappa shape index (κ2) is 8.48. The Kier molecular flexibility index (Phi) is 7.28. The van der Waals surface area contributed by atoms with E-state index >= 15 is 0 Å². The molecule has 2 N–H and O–H groups in total. The molecule has 0 radical (unpaired) electrons. The maximum atomic E-state index is 11.5. The third-order valence-corrected chi connectivity index (χ3v) is 3.59. The van der Waals surface area contributed by atoms with Crippen LogP contribution in [-0.2, 0) is 9.53 Å². The molecule has 0 aromatic rings. The maximum Gasteiger partial charge on any atom is 0.221 e. The molecule has 18 heavy (non-hydrogen) atoms. The minimum atomic E-state index is 0.108. The monoisotopic (exact) mass is 256 g/mol. The van der Waals surface area contributed by atoms with Gasteiger partial charge in [0.05, 0.1) is 6.61 Å². The highest BCUT2D eigenvalue weighted by Gasteiger charge is 2.23. The summed E-state index contributed by atoms with van der Waals surface area (Å²) in [5, 5.41) is 6.35. The fourth-order valence-electron chi connectivity index (χ4n) is 2.88. The smallest absolute Gasteiger partial charge is 0.221 e. The van der Waals surface area contributed by atoms with Crippen molar-refractivity contribution in [3.8, 4) is 0 Å². The van der Waals surface area contributed by atoms with Crippen molar-refractivity contribution in [3.05, 3.63) is 0 Å². The van der Waals surface area contributed by atoms with E-state index in [-0.39, 0.29) is 5.91 Å². The molecule has 0 heterocycles. The fraction of sp³-hybridized carbons (Fsp3) is 0.929. The van der Waals surface area contributed by atoms with Gasteiger partial charge in [0.1, 0.15) is 0 Å². The van der Waals surface area contributed by atoms with Crippen LogP contribution in [0.1, 0.15) is 39.5 Å². The second-order valence-electron chi connectivity index (χ2n) is 5.66. The Labute approximate surface area is 111 Å². The van der Waals surface area contributed by atoms with Crippen molar-refractivity contribution >= 4 is 5.91 Å². The molecule has 1 fully saturated rings. The molecule has 0 aromatic carbocycles. The molecule has 1 amide bonds. The molecule has 1 aliphatic carbocycles. The van der Waals surface area contributed by atoms with Gasteiger partial charge in [-0.2, -0.15) is 0 Å². The van der Waals surface area contributed by atoms with Crippen molar-refractivity contribution in [1.82, 2.24) is 10.6 Å². The number of hydrogen-bond donors (Lipinski definition) is 2. The summed E-state index contributed by atoms with van der Waals surface area (Å²) in [6.45, 7) is 6.61. The van der Waals surface area contributed by atoms with Crippen LogP contribution in [0, 0.1) is 11.8 Å².